The van der Waals surface area contributed by atoms with Gasteiger partial charge in [0, 0.05) is 8.95 Å². The van der Waals surface area contributed by atoms with Crippen molar-refractivity contribution < 1.29 is 17.9 Å². The zero-order valence-corrected chi connectivity index (χ0v) is 14.5. The molecule has 2 N–H and O–H groups in total. The van der Waals surface area contributed by atoms with E-state index in [4.69, 9.17) is 5.11 Å². The molecule has 0 radical (unpaired) electrons. The van der Waals surface area contributed by atoms with Gasteiger partial charge >= 0.3 is 0 Å². The van der Waals surface area contributed by atoms with Crippen LogP contribution in [0.2, 0.25) is 0 Å². The molecule has 0 spiro atoms. The van der Waals surface area contributed by atoms with Gasteiger partial charge in [0.2, 0.25) is 0 Å². The standard InChI is InChI=1S/C13H10Br2FNO3S/c14-9-2-4-11(16)12(6-9)17-21(19,20)13-5-8(7-18)1-3-10(13)15/h1-6,17-18H,7H2. The molecule has 112 valence electrons. The van der Waals surface area contributed by atoms with Crippen LogP contribution in [-0.4, -0.2) is 13.5 Å². The lowest BCUT2D eigenvalue weighted by Crippen LogP contribution is -2.15. The Morgan fingerprint density at radius 3 is 2.52 bits per heavy atom. The van der Waals surface area contributed by atoms with E-state index in [2.05, 4.69) is 36.6 Å². The van der Waals surface area contributed by atoms with Gasteiger partial charge in [-0.2, -0.15) is 0 Å². The van der Waals surface area contributed by atoms with Gasteiger partial charge in [-0.05, 0) is 51.8 Å². The molecule has 0 amide bonds. The molecule has 2 aromatic rings. The highest BCUT2D eigenvalue weighted by atomic mass is 79.9. The highest BCUT2D eigenvalue weighted by molar-refractivity contribution is 9.10. The Hall–Kier alpha value is -0.960. The Morgan fingerprint density at radius 1 is 1.14 bits per heavy atom. The Balaban J connectivity index is 2.45. The second-order valence-electron chi connectivity index (χ2n) is 4.15. The SMILES string of the molecule is O=S(=O)(Nc1cc(Br)ccc1F)c1cc(CO)ccc1Br. The molecule has 4 nitrogen and oxygen atoms in total. The fourth-order valence-electron chi connectivity index (χ4n) is 1.63. The largest absolute Gasteiger partial charge is 0.392 e. The minimum absolute atomic E-state index is 0.0755. The molecule has 0 unspecified atom stereocenters. The molecule has 2 rings (SSSR count). The lowest BCUT2D eigenvalue weighted by Gasteiger charge is -2.11. The van der Waals surface area contributed by atoms with Gasteiger partial charge in [-0.1, -0.05) is 22.0 Å². The number of hydrogen-bond donors (Lipinski definition) is 2. The summed E-state index contributed by atoms with van der Waals surface area (Å²) in [6, 6.07) is 8.37. The van der Waals surface area contributed by atoms with Crippen molar-refractivity contribution in [3.63, 3.8) is 0 Å². The summed E-state index contributed by atoms with van der Waals surface area (Å²) in [5.74, 6) is -0.684. The van der Waals surface area contributed by atoms with Crippen LogP contribution in [0.3, 0.4) is 0 Å². The van der Waals surface area contributed by atoms with Crippen LogP contribution in [0.4, 0.5) is 10.1 Å². The maximum Gasteiger partial charge on any atom is 0.263 e. The molecule has 0 atom stereocenters. The second kappa shape index (κ2) is 6.43. The van der Waals surface area contributed by atoms with Gasteiger partial charge < -0.3 is 5.11 Å². The number of anilines is 1. The van der Waals surface area contributed by atoms with Crippen LogP contribution in [0.5, 0.6) is 0 Å². The van der Waals surface area contributed by atoms with Crippen LogP contribution in [0.25, 0.3) is 0 Å². The Kier molecular flexibility index (Phi) is 5.03. The van der Waals surface area contributed by atoms with E-state index in [1.54, 1.807) is 6.07 Å². The molecule has 0 aliphatic heterocycles. The van der Waals surface area contributed by atoms with Crippen LogP contribution in [0, 0.1) is 5.82 Å². The van der Waals surface area contributed by atoms with E-state index < -0.39 is 15.8 Å². The smallest absolute Gasteiger partial charge is 0.263 e. The topological polar surface area (TPSA) is 66.4 Å². The molecule has 0 aliphatic rings. The molecule has 8 heteroatoms. The first-order valence-electron chi connectivity index (χ1n) is 5.70. The molecule has 0 saturated heterocycles. The maximum atomic E-state index is 13.7. The summed E-state index contributed by atoms with van der Waals surface area (Å²) in [6.45, 7) is -0.291. The van der Waals surface area contributed by atoms with Crippen LogP contribution in [0.15, 0.2) is 50.2 Å². The first-order chi connectivity index (χ1) is 9.83. The molecule has 0 aromatic heterocycles. The summed E-state index contributed by atoms with van der Waals surface area (Å²) in [5.41, 5.74) is 0.277. The van der Waals surface area contributed by atoms with Crippen molar-refractivity contribution in [1.29, 1.82) is 0 Å². The van der Waals surface area contributed by atoms with Gasteiger partial charge in [-0.3, -0.25) is 4.72 Å². The predicted molar refractivity (Wildman–Crippen MR) is 85.0 cm³/mol. The van der Waals surface area contributed by atoms with Gasteiger partial charge in [-0.15, -0.1) is 0 Å². The van der Waals surface area contributed by atoms with E-state index in [1.165, 1.54) is 24.3 Å². The highest BCUT2D eigenvalue weighted by Crippen LogP contribution is 2.27. The molecule has 0 aliphatic carbocycles. The fraction of sp³-hybridized carbons (Fsp3) is 0.0769. The van der Waals surface area contributed by atoms with Crippen molar-refractivity contribution in [1.82, 2.24) is 0 Å². The van der Waals surface area contributed by atoms with Crippen LogP contribution >= 0.6 is 31.9 Å². The monoisotopic (exact) mass is 437 g/mol. The van der Waals surface area contributed by atoms with Crippen LogP contribution < -0.4 is 4.72 Å². The van der Waals surface area contributed by atoms with Crippen molar-refractivity contribution in [3.05, 3.63) is 56.7 Å². The normalized spacial score (nSPS) is 11.4. The van der Waals surface area contributed by atoms with E-state index in [9.17, 15) is 12.8 Å². The molecule has 21 heavy (non-hydrogen) atoms. The van der Waals surface area contributed by atoms with E-state index in [1.807, 2.05) is 0 Å². The van der Waals surface area contributed by atoms with Crippen molar-refractivity contribution in [2.75, 3.05) is 4.72 Å². The molecular formula is C13H10Br2FNO3S. The first kappa shape index (κ1) is 16.4. The summed E-state index contributed by atoms with van der Waals surface area (Å²) < 4.78 is 41.4. The Bertz CT molecular complexity index is 781. The van der Waals surface area contributed by atoms with Gasteiger partial charge in [0.25, 0.3) is 10.0 Å². The van der Waals surface area contributed by atoms with Crippen molar-refractivity contribution in [2.24, 2.45) is 0 Å². The summed E-state index contributed by atoms with van der Waals surface area (Å²) in [4.78, 5) is -0.0755. The Labute approximate surface area is 138 Å². The van der Waals surface area contributed by atoms with Gasteiger partial charge in [0.1, 0.15) is 10.7 Å². The Morgan fingerprint density at radius 2 is 1.86 bits per heavy atom. The summed E-state index contributed by atoms with van der Waals surface area (Å²) in [6.07, 6.45) is 0. The van der Waals surface area contributed by atoms with Crippen LogP contribution in [0.1, 0.15) is 5.56 Å². The number of hydrogen-bond acceptors (Lipinski definition) is 3. The molecule has 2 aromatic carbocycles. The molecule has 0 saturated carbocycles. The molecule has 0 bridgehead atoms. The van der Waals surface area contributed by atoms with Crippen molar-refractivity contribution in [2.45, 2.75) is 11.5 Å². The van der Waals surface area contributed by atoms with E-state index in [0.717, 1.165) is 6.07 Å². The third-order valence-corrected chi connectivity index (χ3v) is 5.49. The quantitative estimate of drug-likeness (QED) is 0.765. The highest BCUT2D eigenvalue weighted by Gasteiger charge is 2.20. The zero-order chi connectivity index (χ0) is 15.6. The maximum absolute atomic E-state index is 13.7. The molecular weight excluding hydrogens is 429 g/mol. The van der Waals surface area contributed by atoms with Crippen molar-refractivity contribution >= 4 is 47.6 Å². The van der Waals surface area contributed by atoms with Crippen molar-refractivity contribution in [3.8, 4) is 0 Å². The lowest BCUT2D eigenvalue weighted by molar-refractivity contribution is 0.281. The lowest BCUT2D eigenvalue weighted by atomic mass is 10.2. The fourth-order valence-corrected chi connectivity index (χ4v) is 4.06. The predicted octanol–water partition coefficient (Wildman–Crippen LogP) is 3.64. The van der Waals surface area contributed by atoms with E-state index in [0.29, 0.717) is 14.5 Å². The van der Waals surface area contributed by atoms with Gasteiger partial charge in [0.05, 0.1) is 12.3 Å². The average molecular weight is 439 g/mol. The third-order valence-electron chi connectivity index (χ3n) is 2.64. The number of nitrogens with one attached hydrogen (secondary N) is 1. The summed E-state index contributed by atoms with van der Waals surface area (Å²) >= 11 is 6.29. The molecule has 0 heterocycles. The van der Waals surface area contributed by atoms with Gasteiger partial charge in [0.15, 0.2) is 0 Å². The summed E-state index contributed by atoms with van der Waals surface area (Å²) in [7, 11) is -3.98. The zero-order valence-electron chi connectivity index (χ0n) is 10.5. The minimum atomic E-state index is -3.98. The number of aliphatic hydroxyl groups is 1. The summed E-state index contributed by atoms with van der Waals surface area (Å²) in [5, 5.41) is 9.09. The number of aliphatic hydroxyl groups excluding tert-OH is 1. The van der Waals surface area contributed by atoms with E-state index in [-0.39, 0.29) is 17.2 Å². The van der Waals surface area contributed by atoms with E-state index >= 15 is 0 Å². The number of sulfonamides is 1. The average Bonchev–Trinajstić information content (AvgIpc) is 2.43. The third kappa shape index (κ3) is 3.82. The van der Waals surface area contributed by atoms with Crippen LogP contribution in [-0.2, 0) is 16.6 Å². The number of benzene rings is 2. The van der Waals surface area contributed by atoms with Gasteiger partial charge in [-0.25, -0.2) is 12.8 Å². The second-order valence-corrected chi connectivity index (χ2v) is 7.57. The molecule has 0 fully saturated rings. The number of halogens is 3. The number of rotatable bonds is 4. The minimum Gasteiger partial charge on any atom is -0.392 e. The first-order valence-corrected chi connectivity index (χ1v) is 8.77.